The van der Waals surface area contributed by atoms with E-state index in [9.17, 15) is 18.0 Å². The highest BCUT2D eigenvalue weighted by atomic mass is 19.4. The molecule has 1 aromatic rings. The fraction of sp³-hybridized carbons (Fsp3) is 0.615. The molecular weight excluding hydrogens is 287 g/mol. The molecule has 116 valence electrons. The number of hydrogen-bond donors (Lipinski definition) is 1. The number of anilines is 1. The van der Waals surface area contributed by atoms with E-state index in [4.69, 9.17) is 5.11 Å². The van der Waals surface area contributed by atoms with Crippen LogP contribution in [0.4, 0.5) is 19.1 Å². The van der Waals surface area contributed by atoms with E-state index >= 15 is 0 Å². The highest BCUT2D eigenvalue weighted by molar-refractivity contribution is 5.68. The van der Waals surface area contributed by atoms with Crippen LogP contribution in [0.15, 0.2) is 12.4 Å². The van der Waals surface area contributed by atoms with Gasteiger partial charge in [-0.15, -0.1) is 0 Å². The van der Waals surface area contributed by atoms with Crippen molar-refractivity contribution >= 4 is 11.9 Å². The standard InChI is InChI=1S/C13H16F3N3O2/c1-19(2)11-17-6-8(7-18-11)9(5-10(20)21)12(3-4-12)13(14,15)16/h6-7,9H,3-5H2,1-2H3,(H,20,21). The summed E-state index contributed by atoms with van der Waals surface area (Å²) in [6, 6.07) is 0. The Morgan fingerprint density at radius 3 is 2.24 bits per heavy atom. The van der Waals surface area contributed by atoms with Crippen LogP contribution in [0.5, 0.6) is 0 Å². The molecule has 0 saturated heterocycles. The first-order chi connectivity index (χ1) is 9.67. The number of alkyl halides is 3. The quantitative estimate of drug-likeness (QED) is 0.905. The van der Waals surface area contributed by atoms with Gasteiger partial charge in [-0.25, -0.2) is 9.97 Å². The average molecular weight is 303 g/mol. The summed E-state index contributed by atoms with van der Waals surface area (Å²) < 4.78 is 39.7. The monoisotopic (exact) mass is 303 g/mol. The summed E-state index contributed by atoms with van der Waals surface area (Å²) in [5.74, 6) is -2.04. The van der Waals surface area contributed by atoms with E-state index in [1.807, 2.05) is 0 Å². The molecule has 1 fully saturated rings. The third-order valence-electron chi connectivity index (χ3n) is 3.86. The number of nitrogens with zero attached hydrogens (tertiary/aromatic N) is 3. The lowest BCUT2D eigenvalue weighted by molar-refractivity contribution is -0.195. The van der Waals surface area contributed by atoms with Crippen molar-refractivity contribution in [2.24, 2.45) is 5.41 Å². The molecule has 1 aliphatic carbocycles. The van der Waals surface area contributed by atoms with Crippen LogP contribution in [0, 0.1) is 5.41 Å². The van der Waals surface area contributed by atoms with Crippen LogP contribution in [0.2, 0.25) is 0 Å². The van der Waals surface area contributed by atoms with E-state index < -0.39 is 29.9 Å². The second-order valence-electron chi connectivity index (χ2n) is 5.52. The molecule has 1 aromatic heterocycles. The lowest BCUT2D eigenvalue weighted by atomic mass is 9.81. The minimum absolute atomic E-state index is 0.0517. The third-order valence-corrected chi connectivity index (χ3v) is 3.86. The zero-order chi connectivity index (χ0) is 15.8. The molecule has 2 rings (SSSR count). The predicted molar refractivity (Wildman–Crippen MR) is 69.1 cm³/mol. The van der Waals surface area contributed by atoms with Crippen molar-refractivity contribution in [3.63, 3.8) is 0 Å². The van der Waals surface area contributed by atoms with Crippen molar-refractivity contribution in [3.8, 4) is 0 Å². The number of halogens is 3. The smallest absolute Gasteiger partial charge is 0.395 e. The molecule has 8 heteroatoms. The van der Waals surface area contributed by atoms with Gasteiger partial charge in [-0.3, -0.25) is 4.79 Å². The van der Waals surface area contributed by atoms with Crippen molar-refractivity contribution in [1.29, 1.82) is 0 Å². The molecule has 1 unspecified atom stereocenters. The molecule has 5 nitrogen and oxygen atoms in total. The fourth-order valence-electron chi connectivity index (χ4n) is 2.51. The summed E-state index contributed by atoms with van der Waals surface area (Å²) in [5, 5.41) is 8.93. The van der Waals surface area contributed by atoms with Crippen molar-refractivity contribution in [3.05, 3.63) is 18.0 Å². The van der Waals surface area contributed by atoms with Gasteiger partial charge in [0.1, 0.15) is 0 Å². The molecule has 0 spiro atoms. The van der Waals surface area contributed by atoms with Crippen molar-refractivity contribution in [1.82, 2.24) is 9.97 Å². The van der Waals surface area contributed by atoms with Crippen molar-refractivity contribution < 1.29 is 23.1 Å². The molecule has 0 bridgehead atoms. The van der Waals surface area contributed by atoms with Crippen LogP contribution >= 0.6 is 0 Å². The number of rotatable bonds is 5. The molecule has 0 amide bonds. The molecule has 0 aromatic carbocycles. The van der Waals surface area contributed by atoms with Crippen LogP contribution in [0.3, 0.4) is 0 Å². The maximum absolute atomic E-state index is 13.2. The summed E-state index contributed by atoms with van der Waals surface area (Å²) in [6.45, 7) is 0. The first-order valence-corrected chi connectivity index (χ1v) is 6.45. The van der Waals surface area contributed by atoms with Gasteiger partial charge in [-0.05, 0) is 18.4 Å². The van der Waals surface area contributed by atoms with Crippen molar-refractivity contribution in [2.45, 2.75) is 31.4 Å². The zero-order valence-electron chi connectivity index (χ0n) is 11.7. The van der Waals surface area contributed by atoms with Crippen LogP contribution < -0.4 is 4.90 Å². The molecule has 21 heavy (non-hydrogen) atoms. The number of hydrogen-bond acceptors (Lipinski definition) is 4. The molecule has 1 atom stereocenters. The Labute approximate surface area is 119 Å². The SMILES string of the molecule is CN(C)c1ncc(C(CC(=O)O)C2(C(F)(F)F)CC2)cn1. The molecular formula is C13H16F3N3O2. The number of carboxylic acids is 1. The largest absolute Gasteiger partial charge is 0.481 e. The van der Waals surface area contributed by atoms with E-state index in [0.29, 0.717) is 5.95 Å². The number of carbonyl (C=O) groups is 1. The van der Waals surface area contributed by atoms with E-state index in [1.54, 1.807) is 19.0 Å². The van der Waals surface area contributed by atoms with Crippen LogP contribution in [0.1, 0.15) is 30.7 Å². The van der Waals surface area contributed by atoms with Gasteiger partial charge in [-0.1, -0.05) is 0 Å². The van der Waals surface area contributed by atoms with Gasteiger partial charge >= 0.3 is 12.1 Å². The zero-order valence-corrected chi connectivity index (χ0v) is 11.7. The summed E-state index contributed by atoms with van der Waals surface area (Å²) in [4.78, 5) is 20.5. The normalized spacial score (nSPS) is 18.1. The Kier molecular flexibility index (Phi) is 3.81. The van der Waals surface area contributed by atoms with Gasteiger partial charge in [0.25, 0.3) is 0 Å². The molecule has 1 aliphatic rings. The van der Waals surface area contributed by atoms with Crippen LogP contribution in [-0.4, -0.2) is 41.3 Å². The number of aliphatic carboxylic acids is 1. The van der Waals surface area contributed by atoms with Crippen LogP contribution in [0.25, 0.3) is 0 Å². The van der Waals surface area contributed by atoms with E-state index in [2.05, 4.69) is 9.97 Å². The van der Waals surface area contributed by atoms with E-state index in [-0.39, 0.29) is 18.4 Å². The summed E-state index contributed by atoms with van der Waals surface area (Å²) >= 11 is 0. The highest BCUT2D eigenvalue weighted by Gasteiger charge is 2.67. The summed E-state index contributed by atoms with van der Waals surface area (Å²) in [6.07, 6.45) is -2.52. The molecule has 1 N–H and O–H groups in total. The Balaban J connectivity index is 2.35. The number of aromatic nitrogens is 2. The van der Waals surface area contributed by atoms with Gasteiger partial charge in [0.15, 0.2) is 0 Å². The van der Waals surface area contributed by atoms with Gasteiger partial charge < -0.3 is 10.0 Å². The lowest BCUT2D eigenvalue weighted by Gasteiger charge is -2.28. The Hall–Kier alpha value is -1.86. The fourth-order valence-corrected chi connectivity index (χ4v) is 2.51. The molecule has 1 heterocycles. The second-order valence-corrected chi connectivity index (χ2v) is 5.52. The first-order valence-electron chi connectivity index (χ1n) is 6.45. The van der Waals surface area contributed by atoms with Crippen LogP contribution in [-0.2, 0) is 4.79 Å². The molecule has 0 radical (unpaired) electrons. The molecule has 1 saturated carbocycles. The molecule has 0 aliphatic heterocycles. The van der Waals surface area contributed by atoms with Gasteiger partial charge in [0.05, 0.1) is 11.8 Å². The van der Waals surface area contributed by atoms with E-state index in [0.717, 1.165) is 0 Å². The Bertz CT molecular complexity index is 524. The predicted octanol–water partition coefficient (Wildman–Crippen LogP) is 2.44. The topological polar surface area (TPSA) is 66.3 Å². The van der Waals surface area contributed by atoms with Gasteiger partial charge in [0.2, 0.25) is 5.95 Å². The van der Waals surface area contributed by atoms with Gasteiger partial charge in [-0.2, -0.15) is 13.2 Å². The van der Waals surface area contributed by atoms with E-state index in [1.165, 1.54) is 12.4 Å². The summed E-state index contributed by atoms with van der Waals surface area (Å²) in [7, 11) is 3.42. The maximum Gasteiger partial charge on any atom is 0.395 e. The Morgan fingerprint density at radius 2 is 1.90 bits per heavy atom. The van der Waals surface area contributed by atoms with Gasteiger partial charge in [0, 0.05) is 32.4 Å². The maximum atomic E-state index is 13.2. The Morgan fingerprint density at radius 1 is 1.38 bits per heavy atom. The average Bonchev–Trinajstić information content (AvgIpc) is 3.16. The van der Waals surface area contributed by atoms with Crippen molar-refractivity contribution in [2.75, 3.05) is 19.0 Å². The lowest BCUT2D eigenvalue weighted by Crippen LogP contribution is -2.32. The third kappa shape index (κ3) is 2.93. The highest BCUT2D eigenvalue weighted by Crippen LogP contribution is 2.66. The summed E-state index contributed by atoms with van der Waals surface area (Å²) in [5.41, 5.74) is -1.73. The number of carboxylic acid groups (broad SMARTS) is 1. The second kappa shape index (κ2) is 5.16. The minimum Gasteiger partial charge on any atom is -0.481 e. The first kappa shape index (κ1) is 15.5. The minimum atomic E-state index is -4.42.